The van der Waals surface area contributed by atoms with Crippen LogP contribution in [0.15, 0.2) is 48.5 Å². The van der Waals surface area contributed by atoms with Crippen LogP contribution in [0.4, 0.5) is 0 Å². The van der Waals surface area contributed by atoms with Crippen molar-refractivity contribution in [1.29, 1.82) is 0 Å². The van der Waals surface area contributed by atoms with E-state index in [1.54, 1.807) is 12.1 Å². The maximum Gasteiger partial charge on any atom is 0.398 e. The number of hydrogen-bond donors (Lipinski definition) is 3. The molecule has 19 heavy (non-hydrogen) atoms. The van der Waals surface area contributed by atoms with Gasteiger partial charge >= 0.3 is 16.7 Å². The average molecular weight is 253 g/mol. The molecule has 0 unspecified atom stereocenters. The van der Waals surface area contributed by atoms with Crippen LogP contribution in [0.3, 0.4) is 0 Å². The van der Waals surface area contributed by atoms with Gasteiger partial charge in [-0.25, -0.2) is 4.98 Å². The number of nitrogens with zero attached hydrogens (tertiary/aromatic N) is 2. The molecule has 0 atom stereocenters. The fraction of sp³-hybridized carbons (Fsp3) is 0. The summed E-state index contributed by atoms with van der Waals surface area (Å²) in [6, 6.07) is 14.7. The van der Waals surface area contributed by atoms with Crippen LogP contribution in [-0.4, -0.2) is 15.4 Å². The molecule has 2 aromatic carbocycles. The lowest BCUT2D eigenvalue weighted by Crippen LogP contribution is -2.42. The number of H-pyrrole nitrogens is 1. The number of para-hydroxylation sites is 3. The van der Waals surface area contributed by atoms with E-state index in [-0.39, 0.29) is 0 Å². The minimum absolute atomic E-state index is 0.461. The molecule has 0 aliphatic carbocycles. The van der Waals surface area contributed by atoms with Gasteiger partial charge in [0.15, 0.2) is 0 Å². The van der Waals surface area contributed by atoms with Crippen LogP contribution in [0.25, 0.3) is 33.1 Å². The fourth-order valence-corrected chi connectivity index (χ4v) is 2.54. The van der Waals surface area contributed by atoms with Gasteiger partial charge in [0.25, 0.3) is 0 Å². The number of hydrogen-bond acceptors (Lipinski definition) is 2. The number of aromatic nitrogens is 3. The summed E-state index contributed by atoms with van der Waals surface area (Å²) in [7, 11) is 0. The maximum atomic E-state index is 10.4. The Kier molecular flexibility index (Phi) is 1.79. The van der Waals surface area contributed by atoms with Crippen LogP contribution < -0.4 is 9.46 Å². The van der Waals surface area contributed by atoms with Gasteiger partial charge in [-0.1, -0.05) is 24.3 Å². The van der Waals surface area contributed by atoms with Gasteiger partial charge in [0, 0.05) is 10.8 Å². The van der Waals surface area contributed by atoms with Crippen molar-refractivity contribution in [3.8, 4) is 0 Å². The quantitative estimate of drug-likeness (QED) is 0.328. The zero-order chi connectivity index (χ0) is 13.0. The van der Waals surface area contributed by atoms with Gasteiger partial charge in [-0.3, -0.25) is 5.21 Å². The fourth-order valence-electron chi connectivity index (χ4n) is 2.54. The second-order valence-electron chi connectivity index (χ2n) is 4.48. The van der Waals surface area contributed by atoms with Crippen LogP contribution in [0.1, 0.15) is 0 Å². The van der Waals surface area contributed by atoms with Gasteiger partial charge < -0.3 is 5.21 Å². The number of benzene rings is 2. The van der Waals surface area contributed by atoms with E-state index < -0.39 is 0 Å². The molecule has 0 fully saturated rings. The second-order valence-corrected chi connectivity index (χ2v) is 4.48. The first-order valence-electron chi connectivity index (χ1n) is 5.95. The van der Waals surface area contributed by atoms with Gasteiger partial charge in [-0.05, 0) is 22.9 Å². The summed E-state index contributed by atoms with van der Waals surface area (Å²) in [6.07, 6.45) is 0. The van der Waals surface area contributed by atoms with Crippen molar-refractivity contribution in [2.45, 2.75) is 0 Å². The van der Waals surface area contributed by atoms with E-state index in [1.807, 2.05) is 36.4 Å². The third kappa shape index (κ3) is 1.18. The maximum absolute atomic E-state index is 10.4. The van der Waals surface area contributed by atoms with Gasteiger partial charge in [0.2, 0.25) is 5.52 Å². The van der Waals surface area contributed by atoms with Crippen LogP contribution in [0.2, 0.25) is 0 Å². The predicted molar refractivity (Wildman–Crippen MR) is 68.1 cm³/mol. The Morgan fingerprint density at radius 2 is 1.42 bits per heavy atom. The molecule has 0 spiro atoms. The lowest BCUT2D eigenvalue weighted by molar-refractivity contribution is -0.895. The molecule has 2 heterocycles. The third-order valence-corrected chi connectivity index (χ3v) is 3.42. The summed E-state index contributed by atoms with van der Waals surface area (Å²) >= 11 is 0. The van der Waals surface area contributed by atoms with Gasteiger partial charge in [-0.15, -0.1) is 0 Å². The van der Waals surface area contributed by atoms with E-state index in [0.717, 1.165) is 20.4 Å². The molecule has 3 N–H and O–H groups in total. The molecular weight excluding hydrogens is 242 g/mol. The molecule has 4 aromatic rings. The third-order valence-electron chi connectivity index (χ3n) is 3.42. The molecule has 0 amide bonds. The SMILES string of the molecule is O[n+]1c2ccccc2[n+](O)c2c3ccccc3[nH]c21. The average Bonchev–Trinajstić information content (AvgIpc) is 2.84. The molecule has 0 radical (unpaired) electrons. The van der Waals surface area contributed by atoms with E-state index in [2.05, 4.69) is 4.98 Å². The van der Waals surface area contributed by atoms with E-state index >= 15 is 0 Å². The predicted octanol–water partition coefficient (Wildman–Crippen LogP) is 1.52. The van der Waals surface area contributed by atoms with Crippen molar-refractivity contribution >= 4 is 33.1 Å². The largest absolute Gasteiger partial charge is 0.398 e. The van der Waals surface area contributed by atoms with Crippen LogP contribution in [-0.2, 0) is 0 Å². The smallest absolute Gasteiger partial charge is 0.349 e. The van der Waals surface area contributed by atoms with Gasteiger partial charge in [0.05, 0.1) is 0 Å². The molecule has 5 heteroatoms. The molecule has 0 saturated heterocycles. The molecule has 5 nitrogen and oxygen atoms in total. The topological polar surface area (TPSA) is 64.0 Å². The molecule has 0 aliphatic rings. The number of aromatic amines is 1. The highest BCUT2D eigenvalue weighted by Gasteiger charge is 2.30. The Bertz CT molecular complexity index is 944. The zero-order valence-corrected chi connectivity index (χ0v) is 9.91. The summed E-state index contributed by atoms with van der Waals surface area (Å²) in [5.74, 6) is 0. The Morgan fingerprint density at radius 1 is 0.789 bits per heavy atom. The van der Waals surface area contributed by atoms with Gasteiger partial charge in [-0.2, -0.15) is 0 Å². The first-order valence-corrected chi connectivity index (χ1v) is 5.95. The van der Waals surface area contributed by atoms with Crippen molar-refractivity contribution in [3.05, 3.63) is 48.5 Å². The lowest BCUT2D eigenvalue weighted by atomic mass is 10.2. The Labute approximate surface area is 107 Å². The van der Waals surface area contributed by atoms with Crippen LogP contribution in [0, 0.1) is 0 Å². The Hall–Kier alpha value is -2.82. The Balaban J connectivity index is 2.39. The van der Waals surface area contributed by atoms with Crippen molar-refractivity contribution in [1.82, 2.24) is 4.98 Å². The van der Waals surface area contributed by atoms with E-state index in [1.165, 1.54) is 0 Å². The summed E-state index contributed by atoms with van der Waals surface area (Å²) in [5.41, 5.74) is 2.95. The van der Waals surface area contributed by atoms with Gasteiger partial charge in [0.1, 0.15) is 10.9 Å². The highest BCUT2D eigenvalue weighted by molar-refractivity contribution is 6.01. The number of nitrogens with one attached hydrogen (secondary N) is 1. The molecule has 2 aromatic heterocycles. The molecule has 0 bridgehead atoms. The highest BCUT2D eigenvalue weighted by Crippen LogP contribution is 2.21. The Morgan fingerprint density at radius 3 is 2.21 bits per heavy atom. The summed E-state index contributed by atoms with van der Waals surface area (Å²) < 4.78 is 2.17. The molecule has 0 aliphatic heterocycles. The minimum Gasteiger partial charge on any atom is -0.349 e. The first kappa shape index (κ1) is 10.1. The second kappa shape index (κ2) is 3.35. The van der Waals surface area contributed by atoms with Crippen molar-refractivity contribution < 1.29 is 19.9 Å². The zero-order valence-electron chi connectivity index (χ0n) is 9.91. The molecule has 0 saturated carbocycles. The molecule has 4 rings (SSSR count). The summed E-state index contributed by atoms with van der Waals surface area (Å²) in [4.78, 5) is 3.11. The van der Waals surface area contributed by atoms with Crippen molar-refractivity contribution in [2.75, 3.05) is 0 Å². The standard InChI is InChI=1S/C14H10N3O2/c18-16-11-7-3-4-8-12(11)17(19)14-13(16)9-5-1-2-6-10(9)15-14/h1-8H,(H2,15,18,19)/q+1/p+1. The van der Waals surface area contributed by atoms with Crippen LogP contribution >= 0.6 is 0 Å². The monoisotopic (exact) mass is 253 g/mol. The van der Waals surface area contributed by atoms with E-state index in [4.69, 9.17) is 0 Å². The van der Waals surface area contributed by atoms with Crippen molar-refractivity contribution in [2.24, 2.45) is 0 Å². The molecule has 92 valence electrons. The number of fused-ring (bicyclic) bond motifs is 4. The normalized spacial score (nSPS) is 11.6. The van der Waals surface area contributed by atoms with Crippen LogP contribution in [0.5, 0.6) is 0 Å². The molecular formula is C14H11N3O2+2. The first-order chi connectivity index (χ1) is 9.27. The van der Waals surface area contributed by atoms with E-state index in [9.17, 15) is 10.4 Å². The number of rotatable bonds is 0. The summed E-state index contributed by atoms with van der Waals surface area (Å²) in [5, 5.41) is 21.5. The van der Waals surface area contributed by atoms with Crippen molar-refractivity contribution in [3.63, 3.8) is 0 Å². The van der Waals surface area contributed by atoms with E-state index in [0.29, 0.717) is 22.2 Å². The summed E-state index contributed by atoms with van der Waals surface area (Å²) in [6.45, 7) is 0. The highest BCUT2D eigenvalue weighted by atomic mass is 16.5. The minimum atomic E-state index is 0.461. The lowest BCUT2D eigenvalue weighted by Gasteiger charge is -1.95.